The van der Waals surface area contributed by atoms with Crippen molar-refractivity contribution < 1.29 is 0 Å². The second-order valence-corrected chi connectivity index (χ2v) is 7.57. The Hall–Kier alpha value is -2.14. The van der Waals surface area contributed by atoms with E-state index in [0.717, 1.165) is 12.4 Å². The molecule has 1 fully saturated rings. The van der Waals surface area contributed by atoms with Crippen molar-refractivity contribution in [3.05, 3.63) is 47.3 Å². The van der Waals surface area contributed by atoms with E-state index in [4.69, 9.17) is 11.6 Å². The van der Waals surface area contributed by atoms with Gasteiger partial charge in [0, 0.05) is 36.9 Å². The van der Waals surface area contributed by atoms with Crippen LogP contribution in [0.15, 0.2) is 30.7 Å². The van der Waals surface area contributed by atoms with Crippen LogP contribution in [0.4, 0.5) is 5.69 Å². The first kappa shape index (κ1) is 16.3. The second kappa shape index (κ2) is 5.99. The van der Waals surface area contributed by atoms with Gasteiger partial charge in [-0.2, -0.15) is 0 Å². The molecule has 0 bridgehead atoms. The Labute approximate surface area is 152 Å². The number of halogens is 1. The molecule has 0 saturated carbocycles. The zero-order valence-corrected chi connectivity index (χ0v) is 15.7. The summed E-state index contributed by atoms with van der Waals surface area (Å²) in [5.41, 5.74) is 2.52. The maximum atomic E-state index is 6.17. The van der Waals surface area contributed by atoms with Gasteiger partial charge in [0.05, 0.1) is 5.92 Å². The van der Waals surface area contributed by atoms with Crippen LogP contribution in [0.5, 0.6) is 0 Å². The van der Waals surface area contributed by atoms with E-state index in [9.17, 15) is 0 Å². The summed E-state index contributed by atoms with van der Waals surface area (Å²) < 4.78 is 2.01. The van der Waals surface area contributed by atoms with Gasteiger partial charge in [-0.3, -0.25) is 0 Å². The van der Waals surface area contributed by atoms with Crippen molar-refractivity contribution in [2.75, 3.05) is 11.4 Å². The first-order valence-electron chi connectivity index (χ1n) is 8.66. The molecule has 4 rings (SSSR count). The van der Waals surface area contributed by atoms with Crippen LogP contribution < -0.4 is 4.90 Å². The van der Waals surface area contributed by atoms with Crippen LogP contribution in [0, 0.1) is 0 Å². The maximum Gasteiger partial charge on any atom is 0.139 e. The van der Waals surface area contributed by atoms with Crippen molar-refractivity contribution in [3.63, 3.8) is 0 Å². The third-order valence-corrected chi connectivity index (χ3v) is 5.56. The molecule has 2 aromatic heterocycles. The molecule has 1 aliphatic heterocycles. The van der Waals surface area contributed by atoms with Crippen LogP contribution in [0.1, 0.15) is 44.0 Å². The number of fused-ring (bicyclic) bond motifs is 1. The average molecular weight is 356 g/mol. The van der Waals surface area contributed by atoms with Crippen LogP contribution in [-0.2, 0) is 7.05 Å². The van der Waals surface area contributed by atoms with E-state index in [1.807, 2.05) is 23.9 Å². The van der Waals surface area contributed by atoms with Crippen LogP contribution >= 0.6 is 11.6 Å². The van der Waals surface area contributed by atoms with Crippen molar-refractivity contribution >= 4 is 28.1 Å². The first-order chi connectivity index (χ1) is 12.0. The Balaban J connectivity index is 1.74. The smallest absolute Gasteiger partial charge is 0.139 e. The highest BCUT2D eigenvalue weighted by molar-refractivity contribution is 6.30. The van der Waals surface area contributed by atoms with Crippen LogP contribution in [0.2, 0.25) is 5.15 Å². The molecular formula is C19H22ClN5. The molecule has 0 N–H and O–H groups in total. The average Bonchev–Trinajstić information content (AvgIpc) is 2.98. The molecule has 3 heterocycles. The molecule has 1 aromatic carbocycles. The molecule has 0 amide bonds. The van der Waals surface area contributed by atoms with Gasteiger partial charge in [-0.1, -0.05) is 31.5 Å². The summed E-state index contributed by atoms with van der Waals surface area (Å²) in [6.07, 6.45) is 3.67. The predicted octanol–water partition coefficient (Wildman–Crippen LogP) is 4.13. The van der Waals surface area contributed by atoms with Crippen molar-refractivity contribution in [2.24, 2.45) is 7.05 Å². The largest absolute Gasteiger partial charge is 0.367 e. The van der Waals surface area contributed by atoms with Crippen LogP contribution in [-0.4, -0.2) is 32.3 Å². The molecule has 2 atom stereocenters. The van der Waals surface area contributed by atoms with E-state index < -0.39 is 0 Å². The molecule has 130 valence electrons. The fraction of sp³-hybridized carbons (Fsp3) is 0.421. The number of rotatable bonds is 3. The fourth-order valence-electron chi connectivity index (χ4n) is 3.83. The zero-order valence-electron chi connectivity index (χ0n) is 14.9. The molecule has 0 aliphatic carbocycles. The van der Waals surface area contributed by atoms with Gasteiger partial charge in [0.2, 0.25) is 0 Å². The Kier molecular flexibility index (Phi) is 3.91. The van der Waals surface area contributed by atoms with Gasteiger partial charge >= 0.3 is 0 Å². The topological polar surface area (TPSA) is 46.8 Å². The quantitative estimate of drug-likeness (QED) is 0.663. The monoisotopic (exact) mass is 355 g/mol. The van der Waals surface area contributed by atoms with Crippen LogP contribution in [0.25, 0.3) is 10.8 Å². The molecule has 0 radical (unpaired) electrons. The van der Waals surface area contributed by atoms with Crippen molar-refractivity contribution in [3.8, 4) is 0 Å². The van der Waals surface area contributed by atoms with Crippen molar-refractivity contribution in [2.45, 2.75) is 38.6 Å². The maximum absolute atomic E-state index is 6.17. The summed E-state index contributed by atoms with van der Waals surface area (Å²) in [6.45, 7) is 7.60. The number of nitrogens with zero attached hydrogens (tertiary/aromatic N) is 5. The van der Waals surface area contributed by atoms with Gasteiger partial charge in [-0.05, 0) is 35.9 Å². The SMILES string of the molecule is CC(C)c1ccc(N2CC(c3nncn3C)C2C)c2cnc(Cl)cc12. The summed E-state index contributed by atoms with van der Waals surface area (Å²) in [7, 11) is 2.00. The zero-order chi connectivity index (χ0) is 17.7. The summed E-state index contributed by atoms with van der Waals surface area (Å²) in [5, 5.41) is 11.2. The fourth-order valence-corrected chi connectivity index (χ4v) is 3.99. The van der Waals surface area contributed by atoms with E-state index in [1.54, 1.807) is 6.33 Å². The van der Waals surface area contributed by atoms with E-state index in [-0.39, 0.29) is 0 Å². The van der Waals surface area contributed by atoms with E-state index in [2.05, 4.69) is 53.0 Å². The number of hydrogen-bond acceptors (Lipinski definition) is 4. The Morgan fingerprint density at radius 2 is 2.04 bits per heavy atom. The van der Waals surface area contributed by atoms with Gasteiger partial charge in [-0.15, -0.1) is 10.2 Å². The summed E-state index contributed by atoms with van der Waals surface area (Å²) >= 11 is 6.17. The molecule has 2 unspecified atom stereocenters. The normalized spacial score (nSPS) is 20.3. The van der Waals surface area contributed by atoms with Gasteiger partial charge < -0.3 is 9.47 Å². The molecule has 25 heavy (non-hydrogen) atoms. The molecular weight excluding hydrogens is 334 g/mol. The van der Waals surface area contributed by atoms with Crippen molar-refractivity contribution in [1.29, 1.82) is 0 Å². The van der Waals surface area contributed by atoms with E-state index in [1.165, 1.54) is 22.0 Å². The lowest BCUT2D eigenvalue weighted by atomic mass is 9.87. The molecule has 1 saturated heterocycles. The molecule has 1 aliphatic rings. The number of benzene rings is 1. The lowest BCUT2D eigenvalue weighted by Crippen LogP contribution is -2.54. The Bertz CT molecular complexity index is 933. The first-order valence-corrected chi connectivity index (χ1v) is 9.04. The van der Waals surface area contributed by atoms with E-state index >= 15 is 0 Å². The highest BCUT2D eigenvalue weighted by atomic mass is 35.5. The third kappa shape index (κ3) is 2.58. The van der Waals surface area contributed by atoms with Gasteiger partial charge in [0.25, 0.3) is 0 Å². The summed E-state index contributed by atoms with van der Waals surface area (Å²) in [6, 6.07) is 6.80. The van der Waals surface area contributed by atoms with Crippen molar-refractivity contribution in [1.82, 2.24) is 19.7 Å². The summed E-state index contributed by atoms with van der Waals surface area (Å²) in [5.74, 6) is 1.89. The Morgan fingerprint density at radius 1 is 1.24 bits per heavy atom. The highest BCUT2D eigenvalue weighted by Gasteiger charge is 2.40. The molecule has 5 nitrogen and oxygen atoms in total. The second-order valence-electron chi connectivity index (χ2n) is 7.18. The van der Waals surface area contributed by atoms with Crippen LogP contribution in [0.3, 0.4) is 0 Å². The third-order valence-electron chi connectivity index (χ3n) is 5.36. The number of aryl methyl sites for hydroxylation is 1. The minimum Gasteiger partial charge on any atom is -0.367 e. The number of aromatic nitrogens is 4. The molecule has 0 spiro atoms. The molecule has 3 aromatic rings. The molecule has 6 heteroatoms. The van der Waals surface area contributed by atoms with Gasteiger partial charge in [-0.25, -0.2) is 4.98 Å². The number of hydrogen-bond donors (Lipinski definition) is 0. The number of anilines is 1. The summed E-state index contributed by atoms with van der Waals surface area (Å²) in [4.78, 5) is 6.75. The lowest BCUT2D eigenvalue weighted by Gasteiger charge is -2.47. The standard InChI is InChI=1S/C19H22ClN5/c1-11(2)13-5-6-17(15-8-21-18(20)7-14(13)15)25-9-16(12(25)3)19-23-22-10-24(19)4/h5-8,10-12,16H,9H2,1-4H3. The number of pyridine rings is 1. The lowest BCUT2D eigenvalue weighted by molar-refractivity contribution is 0.383. The minimum atomic E-state index is 0.367. The highest BCUT2D eigenvalue weighted by Crippen LogP contribution is 2.41. The Morgan fingerprint density at radius 3 is 2.68 bits per heavy atom. The predicted molar refractivity (Wildman–Crippen MR) is 101 cm³/mol. The van der Waals surface area contributed by atoms with Gasteiger partial charge in [0.1, 0.15) is 17.3 Å². The minimum absolute atomic E-state index is 0.367. The van der Waals surface area contributed by atoms with Gasteiger partial charge in [0.15, 0.2) is 0 Å². The van der Waals surface area contributed by atoms with E-state index in [0.29, 0.717) is 23.0 Å².